The Morgan fingerprint density at radius 3 is 2.58 bits per heavy atom. The molecule has 0 spiro atoms. The van der Waals surface area contributed by atoms with Crippen LogP contribution in [0.1, 0.15) is 32.3 Å². The number of benzene rings is 1. The van der Waals surface area contributed by atoms with Crippen molar-refractivity contribution in [3.05, 3.63) is 28.8 Å². The normalized spacial score (nSPS) is 17.4. The van der Waals surface area contributed by atoms with Crippen LogP contribution in [-0.2, 0) is 0 Å². The summed E-state index contributed by atoms with van der Waals surface area (Å²) >= 11 is 6.18. The predicted octanol–water partition coefficient (Wildman–Crippen LogP) is 3.50. The van der Waals surface area contributed by atoms with Gasteiger partial charge in [0.1, 0.15) is 0 Å². The second kappa shape index (κ2) is 6.27. The van der Waals surface area contributed by atoms with Gasteiger partial charge < -0.3 is 10.2 Å². The molecule has 1 aliphatic rings. The van der Waals surface area contributed by atoms with Crippen LogP contribution in [0.25, 0.3) is 0 Å². The summed E-state index contributed by atoms with van der Waals surface area (Å²) in [4.78, 5) is 2.50. The summed E-state index contributed by atoms with van der Waals surface area (Å²) in [5.74, 6) is 0. The summed E-state index contributed by atoms with van der Waals surface area (Å²) in [6.07, 6.45) is 2.27. The first-order chi connectivity index (χ1) is 9.10. The molecule has 0 atom stereocenters. The standard InChI is InChI=1S/C15H20ClN3/c1-11(2)19-7-5-13(6-8-19)18-15-4-3-12(10-17)9-14(15)16/h3-4,9,11,13,18H,5-8H2,1-2H3. The van der Waals surface area contributed by atoms with Crippen molar-refractivity contribution in [2.24, 2.45) is 0 Å². The molecule has 102 valence electrons. The Bertz CT molecular complexity index is 471. The van der Waals surface area contributed by atoms with E-state index in [4.69, 9.17) is 16.9 Å². The molecule has 4 heteroatoms. The molecule has 1 heterocycles. The van der Waals surface area contributed by atoms with Gasteiger partial charge in [0.25, 0.3) is 0 Å². The summed E-state index contributed by atoms with van der Waals surface area (Å²) in [7, 11) is 0. The van der Waals surface area contributed by atoms with Gasteiger partial charge in [0.05, 0.1) is 22.3 Å². The molecule has 0 bridgehead atoms. The van der Waals surface area contributed by atoms with Crippen molar-refractivity contribution in [2.75, 3.05) is 18.4 Å². The number of nitrogens with one attached hydrogen (secondary N) is 1. The smallest absolute Gasteiger partial charge is 0.0992 e. The predicted molar refractivity (Wildman–Crippen MR) is 79.5 cm³/mol. The molecule has 0 aliphatic carbocycles. The SMILES string of the molecule is CC(C)N1CCC(Nc2ccc(C#N)cc2Cl)CC1. The van der Waals surface area contributed by atoms with Gasteiger partial charge in [0.2, 0.25) is 0 Å². The molecule has 19 heavy (non-hydrogen) atoms. The minimum absolute atomic E-state index is 0.473. The number of anilines is 1. The Morgan fingerprint density at radius 2 is 2.05 bits per heavy atom. The monoisotopic (exact) mass is 277 g/mol. The molecule has 0 radical (unpaired) electrons. The van der Waals surface area contributed by atoms with Crippen molar-refractivity contribution in [3.8, 4) is 6.07 Å². The zero-order valence-corrected chi connectivity index (χ0v) is 12.2. The van der Waals surface area contributed by atoms with E-state index in [0.29, 0.717) is 22.7 Å². The van der Waals surface area contributed by atoms with Gasteiger partial charge in [-0.2, -0.15) is 5.26 Å². The first-order valence-corrected chi connectivity index (χ1v) is 7.18. The topological polar surface area (TPSA) is 39.1 Å². The summed E-state index contributed by atoms with van der Waals surface area (Å²) < 4.78 is 0. The quantitative estimate of drug-likeness (QED) is 0.919. The van der Waals surface area contributed by atoms with Gasteiger partial charge >= 0.3 is 0 Å². The van der Waals surface area contributed by atoms with E-state index in [0.717, 1.165) is 31.6 Å². The molecule has 0 amide bonds. The maximum absolute atomic E-state index is 8.82. The van der Waals surface area contributed by atoms with Gasteiger partial charge in [0.15, 0.2) is 0 Å². The van der Waals surface area contributed by atoms with Gasteiger partial charge in [-0.1, -0.05) is 11.6 Å². The van der Waals surface area contributed by atoms with Gasteiger partial charge in [-0.05, 0) is 44.9 Å². The number of likely N-dealkylation sites (tertiary alicyclic amines) is 1. The van der Waals surface area contributed by atoms with E-state index in [9.17, 15) is 0 Å². The van der Waals surface area contributed by atoms with Crippen molar-refractivity contribution in [1.82, 2.24) is 4.90 Å². The van der Waals surface area contributed by atoms with Crippen LogP contribution in [0.4, 0.5) is 5.69 Å². The summed E-state index contributed by atoms with van der Waals surface area (Å²) in [5.41, 5.74) is 1.54. The van der Waals surface area contributed by atoms with E-state index in [-0.39, 0.29) is 0 Å². The second-order valence-corrected chi connectivity index (χ2v) is 5.76. The molecule has 1 aromatic carbocycles. The van der Waals surface area contributed by atoms with Gasteiger partial charge in [-0.25, -0.2) is 0 Å². The third kappa shape index (κ3) is 3.62. The highest BCUT2D eigenvalue weighted by molar-refractivity contribution is 6.33. The molecule has 3 nitrogen and oxygen atoms in total. The Labute approximate surface area is 120 Å². The number of halogens is 1. The van der Waals surface area contributed by atoms with E-state index in [1.807, 2.05) is 6.07 Å². The summed E-state index contributed by atoms with van der Waals surface area (Å²) in [6, 6.07) is 8.61. The summed E-state index contributed by atoms with van der Waals surface area (Å²) in [5, 5.41) is 12.9. The average molecular weight is 278 g/mol. The van der Waals surface area contributed by atoms with Crippen LogP contribution in [0, 0.1) is 11.3 Å². The second-order valence-electron chi connectivity index (χ2n) is 5.35. The van der Waals surface area contributed by atoms with E-state index >= 15 is 0 Å². The van der Waals surface area contributed by atoms with E-state index in [1.165, 1.54) is 0 Å². The molecule has 0 saturated carbocycles. The van der Waals surface area contributed by atoms with Gasteiger partial charge in [0, 0.05) is 25.2 Å². The Balaban J connectivity index is 1.94. The van der Waals surface area contributed by atoms with Crippen LogP contribution >= 0.6 is 11.6 Å². The Hall–Kier alpha value is -1.24. The first kappa shape index (κ1) is 14.2. The van der Waals surface area contributed by atoms with Crippen LogP contribution in [0.3, 0.4) is 0 Å². The molecule has 1 fully saturated rings. The van der Waals surface area contributed by atoms with E-state index < -0.39 is 0 Å². The lowest BCUT2D eigenvalue weighted by atomic mass is 10.0. The highest BCUT2D eigenvalue weighted by Gasteiger charge is 2.21. The van der Waals surface area contributed by atoms with Crippen molar-refractivity contribution < 1.29 is 0 Å². The first-order valence-electron chi connectivity index (χ1n) is 6.80. The van der Waals surface area contributed by atoms with Crippen LogP contribution in [-0.4, -0.2) is 30.1 Å². The fourth-order valence-corrected chi connectivity index (χ4v) is 2.72. The summed E-state index contributed by atoms with van der Waals surface area (Å²) in [6.45, 7) is 6.74. The number of rotatable bonds is 3. The van der Waals surface area contributed by atoms with Crippen molar-refractivity contribution >= 4 is 17.3 Å². The fraction of sp³-hybridized carbons (Fsp3) is 0.533. The number of hydrogen-bond acceptors (Lipinski definition) is 3. The third-order valence-electron chi connectivity index (χ3n) is 3.72. The van der Waals surface area contributed by atoms with E-state index in [1.54, 1.807) is 12.1 Å². The highest BCUT2D eigenvalue weighted by Crippen LogP contribution is 2.25. The lowest BCUT2D eigenvalue weighted by Gasteiger charge is -2.35. The molecule has 2 rings (SSSR count). The van der Waals surface area contributed by atoms with Crippen LogP contribution in [0.5, 0.6) is 0 Å². The third-order valence-corrected chi connectivity index (χ3v) is 4.03. The molecular formula is C15H20ClN3. The minimum Gasteiger partial charge on any atom is -0.381 e. The minimum atomic E-state index is 0.473. The lowest BCUT2D eigenvalue weighted by molar-refractivity contribution is 0.177. The van der Waals surface area contributed by atoms with Crippen LogP contribution < -0.4 is 5.32 Å². The van der Waals surface area contributed by atoms with Crippen molar-refractivity contribution in [1.29, 1.82) is 5.26 Å². The highest BCUT2D eigenvalue weighted by atomic mass is 35.5. The van der Waals surface area contributed by atoms with Crippen LogP contribution in [0.2, 0.25) is 5.02 Å². The number of piperidine rings is 1. The zero-order valence-electron chi connectivity index (χ0n) is 11.5. The number of nitrogens with zero attached hydrogens (tertiary/aromatic N) is 2. The maximum Gasteiger partial charge on any atom is 0.0992 e. The molecule has 1 aliphatic heterocycles. The van der Waals surface area contributed by atoms with Gasteiger partial charge in [-0.3, -0.25) is 0 Å². The maximum atomic E-state index is 8.82. The average Bonchev–Trinajstić information content (AvgIpc) is 2.41. The van der Waals surface area contributed by atoms with Crippen LogP contribution in [0.15, 0.2) is 18.2 Å². The zero-order chi connectivity index (χ0) is 13.8. The van der Waals surface area contributed by atoms with Crippen molar-refractivity contribution in [3.63, 3.8) is 0 Å². The van der Waals surface area contributed by atoms with E-state index in [2.05, 4.69) is 30.1 Å². The molecule has 0 unspecified atom stereocenters. The molecule has 0 aromatic heterocycles. The molecular weight excluding hydrogens is 258 g/mol. The molecule has 1 N–H and O–H groups in total. The number of hydrogen-bond donors (Lipinski definition) is 1. The Morgan fingerprint density at radius 1 is 1.37 bits per heavy atom. The largest absolute Gasteiger partial charge is 0.381 e. The Kier molecular flexibility index (Phi) is 4.68. The van der Waals surface area contributed by atoms with Crippen molar-refractivity contribution in [2.45, 2.75) is 38.8 Å². The fourth-order valence-electron chi connectivity index (χ4n) is 2.48. The molecule has 1 aromatic rings. The number of nitriles is 1. The lowest BCUT2D eigenvalue weighted by Crippen LogP contribution is -2.42. The van der Waals surface area contributed by atoms with Gasteiger partial charge in [-0.15, -0.1) is 0 Å². The molecule has 1 saturated heterocycles.